The number of furan rings is 1. The normalized spacial score (nSPS) is 17.4. The number of likely N-dealkylation sites (tertiary alicyclic amines) is 1. The number of benzene rings is 1. The first kappa shape index (κ1) is 15.7. The molecule has 1 atom stereocenters. The highest BCUT2D eigenvalue weighted by molar-refractivity contribution is 5.99. The maximum Gasteiger partial charge on any atom is 0.290 e. The van der Waals surface area contributed by atoms with Crippen LogP contribution in [0.4, 0.5) is 0 Å². The van der Waals surface area contributed by atoms with E-state index in [9.17, 15) is 4.79 Å². The van der Waals surface area contributed by atoms with Gasteiger partial charge >= 0.3 is 0 Å². The topological polar surface area (TPSA) is 60.5 Å². The molecule has 3 aromatic rings. The highest BCUT2D eigenvalue weighted by atomic mass is 16.5. The first-order valence-electron chi connectivity index (χ1n) is 8.53. The lowest BCUT2D eigenvalue weighted by Crippen LogP contribution is -2.38. The molecule has 0 spiro atoms. The van der Waals surface area contributed by atoms with Crippen molar-refractivity contribution in [2.24, 2.45) is 0 Å². The number of hydrogen-bond acceptors (Lipinski definition) is 4. The SMILES string of the molecule is COc1ccc2oc(C(=O)N3CCCC3Cn3cccn3)c(C)c2c1. The van der Waals surface area contributed by atoms with Gasteiger partial charge in [-0.05, 0) is 44.0 Å². The van der Waals surface area contributed by atoms with Crippen molar-refractivity contribution in [3.63, 3.8) is 0 Å². The van der Waals surface area contributed by atoms with Crippen LogP contribution in [0.1, 0.15) is 29.0 Å². The number of amides is 1. The van der Waals surface area contributed by atoms with Crippen molar-refractivity contribution in [2.45, 2.75) is 32.4 Å². The molecule has 6 nitrogen and oxygen atoms in total. The summed E-state index contributed by atoms with van der Waals surface area (Å²) < 4.78 is 13.0. The zero-order valence-electron chi connectivity index (χ0n) is 14.4. The molecule has 0 N–H and O–H groups in total. The number of hydrogen-bond donors (Lipinski definition) is 0. The van der Waals surface area contributed by atoms with Crippen LogP contribution in [0.5, 0.6) is 5.75 Å². The first-order chi connectivity index (χ1) is 12.2. The van der Waals surface area contributed by atoms with E-state index in [-0.39, 0.29) is 11.9 Å². The fourth-order valence-electron chi connectivity index (χ4n) is 3.58. The molecule has 1 aliphatic rings. The van der Waals surface area contributed by atoms with E-state index in [1.54, 1.807) is 13.3 Å². The molecule has 0 bridgehead atoms. The number of ether oxygens (including phenoxy) is 1. The second-order valence-electron chi connectivity index (χ2n) is 6.44. The van der Waals surface area contributed by atoms with Crippen molar-refractivity contribution in [1.82, 2.24) is 14.7 Å². The highest BCUT2D eigenvalue weighted by Gasteiger charge is 2.32. The number of aromatic nitrogens is 2. The Morgan fingerprint density at radius 3 is 3.08 bits per heavy atom. The molecule has 1 unspecified atom stereocenters. The Morgan fingerprint density at radius 1 is 1.44 bits per heavy atom. The lowest BCUT2D eigenvalue weighted by molar-refractivity contribution is 0.0690. The van der Waals surface area contributed by atoms with Crippen LogP contribution >= 0.6 is 0 Å². The Kier molecular flexibility index (Phi) is 3.95. The number of fused-ring (bicyclic) bond motifs is 1. The summed E-state index contributed by atoms with van der Waals surface area (Å²) in [5, 5.41) is 5.18. The first-order valence-corrected chi connectivity index (χ1v) is 8.53. The lowest BCUT2D eigenvalue weighted by atomic mass is 10.1. The van der Waals surface area contributed by atoms with E-state index in [0.29, 0.717) is 17.9 Å². The zero-order valence-corrected chi connectivity index (χ0v) is 14.4. The zero-order chi connectivity index (χ0) is 17.4. The van der Waals surface area contributed by atoms with Crippen molar-refractivity contribution in [3.05, 3.63) is 48.0 Å². The number of nitrogens with zero attached hydrogens (tertiary/aromatic N) is 3. The number of carbonyl (C=O) groups is 1. The maximum atomic E-state index is 13.1. The van der Waals surface area contributed by atoms with Gasteiger partial charge < -0.3 is 14.1 Å². The smallest absolute Gasteiger partial charge is 0.290 e. The Balaban J connectivity index is 1.63. The van der Waals surface area contributed by atoms with Crippen LogP contribution in [0.15, 0.2) is 41.1 Å². The Bertz CT molecular complexity index is 898. The Morgan fingerprint density at radius 2 is 2.32 bits per heavy atom. The van der Waals surface area contributed by atoms with Gasteiger partial charge in [0.2, 0.25) is 0 Å². The van der Waals surface area contributed by atoms with E-state index in [1.165, 1.54) is 0 Å². The summed E-state index contributed by atoms with van der Waals surface area (Å²) in [4.78, 5) is 15.0. The van der Waals surface area contributed by atoms with Gasteiger partial charge in [-0.1, -0.05) is 0 Å². The minimum Gasteiger partial charge on any atom is -0.497 e. The van der Waals surface area contributed by atoms with Gasteiger partial charge in [0.05, 0.1) is 19.7 Å². The lowest BCUT2D eigenvalue weighted by Gasteiger charge is -2.24. The molecule has 130 valence electrons. The van der Waals surface area contributed by atoms with Gasteiger partial charge in [0.15, 0.2) is 5.76 Å². The van der Waals surface area contributed by atoms with E-state index in [2.05, 4.69) is 5.10 Å². The van der Waals surface area contributed by atoms with Crippen LogP contribution in [-0.4, -0.2) is 40.3 Å². The molecule has 0 saturated carbocycles. The van der Waals surface area contributed by atoms with Crippen molar-refractivity contribution in [1.29, 1.82) is 0 Å². The van der Waals surface area contributed by atoms with Crippen LogP contribution in [0.25, 0.3) is 11.0 Å². The van der Waals surface area contributed by atoms with Crippen LogP contribution in [0, 0.1) is 6.92 Å². The summed E-state index contributed by atoms with van der Waals surface area (Å²) >= 11 is 0. The minimum absolute atomic E-state index is 0.0395. The molecule has 0 radical (unpaired) electrons. The van der Waals surface area contributed by atoms with Gasteiger partial charge in [-0.2, -0.15) is 5.10 Å². The Labute approximate surface area is 146 Å². The Hall–Kier alpha value is -2.76. The molecule has 6 heteroatoms. The van der Waals surface area contributed by atoms with E-state index in [4.69, 9.17) is 9.15 Å². The standard InChI is InChI=1S/C19H21N3O3/c1-13-16-11-15(24-2)6-7-17(16)25-18(13)19(23)22-10-3-5-14(22)12-21-9-4-8-20-21/h4,6-9,11,14H,3,5,10,12H2,1-2H3. The second kappa shape index (κ2) is 6.27. The van der Waals surface area contributed by atoms with Gasteiger partial charge in [-0.3, -0.25) is 9.48 Å². The molecule has 3 heterocycles. The van der Waals surface area contributed by atoms with Crippen LogP contribution < -0.4 is 4.74 Å². The van der Waals surface area contributed by atoms with Crippen molar-refractivity contribution < 1.29 is 13.9 Å². The number of aryl methyl sites for hydroxylation is 1. The fourth-order valence-corrected chi connectivity index (χ4v) is 3.58. The van der Waals surface area contributed by atoms with Crippen LogP contribution in [0.3, 0.4) is 0 Å². The monoisotopic (exact) mass is 339 g/mol. The molecule has 1 amide bonds. The minimum atomic E-state index is -0.0395. The summed E-state index contributed by atoms with van der Waals surface area (Å²) in [5.41, 5.74) is 1.58. The van der Waals surface area contributed by atoms with Gasteiger partial charge in [0.1, 0.15) is 11.3 Å². The van der Waals surface area contributed by atoms with E-state index in [0.717, 1.165) is 36.1 Å². The predicted molar refractivity (Wildman–Crippen MR) is 93.8 cm³/mol. The quantitative estimate of drug-likeness (QED) is 0.732. The number of rotatable bonds is 4. The molecule has 1 fully saturated rings. The van der Waals surface area contributed by atoms with Crippen LogP contribution in [0.2, 0.25) is 0 Å². The molecule has 1 saturated heterocycles. The second-order valence-corrected chi connectivity index (χ2v) is 6.44. The van der Waals surface area contributed by atoms with E-state index in [1.807, 2.05) is 47.0 Å². The average Bonchev–Trinajstić information content (AvgIpc) is 3.36. The van der Waals surface area contributed by atoms with E-state index < -0.39 is 0 Å². The van der Waals surface area contributed by atoms with E-state index >= 15 is 0 Å². The third-order valence-corrected chi connectivity index (χ3v) is 4.93. The summed E-state index contributed by atoms with van der Waals surface area (Å²) in [6.45, 7) is 3.40. The van der Waals surface area contributed by atoms with Crippen LogP contribution in [-0.2, 0) is 6.54 Å². The van der Waals surface area contributed by atoms with Crippen molar-refractivity contribution in [3.8, 4) is 5.75 Å². The highest BCUT2D eigenvalue weighted by Crippen LogP contribution is 2.31. The van der Waals surface area contributed by atoms with Gasteiger partial charge in [-0.25, -0.2) is 0 Å². The molecule has 0 aliphatic carbocycles. The molecular weight excluding hydrogens is 318 g/mol. The molecule has 1 aliphatic heterocycles. The predicted octanol–water partition coefficient (Wildman–Crippen LogP) is 3.25. The molecule has 25 heavy (non-hydrogen) atoms. The summed E-state index contributed by atoms with van der Waals surface area (Å²) in [7, 11) is 1.63. The van der Waals surface area contributed by atoms with Gasteiger partial charge in [-0.15, -0.1) is 0 Å². The maximum absolute atomic E-state index is 13.1. The van der Waals surface area contributed by atoms with Gasteiger partial charge in [0.25, 0.3) is 5.91 Å². The fraction of sp³-hybridized carbons (Fsp3) is 0.368. The van der Waals surface area contributed by atoms with Gasteiger partial charge in [0, 0.05) is 29.9 Å². The molecule has 2 aromatic heterocycles. The number of methoxy groups -OCH3 is 1. The summed E-state index contributed by atoms with van der Waals surface area (Å²) in [6.07, 6.45) is 5.68. The molecular formula is C19H21N3O3. The molecule has 1 aromatic carbocycles. The largest absolute Gasteiger partial charge is 0.497 e. The summed E-state index contributed by atoms with van der Waals surface area (Å²) in [5.74, 6) is 1.14. The average molecular weight is 339 g/mol. The van der Waals surface area contributed by atoms with Crippen molar-refractivity contribution >= 4 is 16.9 Å². The third-order valence-electron chi connectivity index (χ3n) is 4.93. The number of carbonyl (C=O) groups excluding carboxylic acids is 1. The van der Waals surface area contributed by atoms with Crippen molar-refractivity contribution in [2.75, 3.05) is 13.7 Å². The molecule has 4 rings (SSSR count). The third kappa shape index (κ3) is 2.77. The summed E-state index contributed by atoms with van der Waals surface area (Å²) in [6, 6.07) is 7.65.